The molecule has 3 rings (SSSR count). The van der Waals surface area contributed by atoms with Gasteiger partial charge in [0.1, 0.15) is 5.37 Å². The van der Waals surface area contributed by atoms with Crippen molar-refractivity contribution in [3.05, 3.63) is 28.6 Å². The van der Waals surface area contributed by atoms with E-state index >= 15 is 0 Å². The maximum Gasteiger partial charge on any atom is 1.00 e. The Morgan fingerprint density at radius 2 is 2.32 bits per heavy atom. The Morgan fingerprint density at radius 1 is 1.58 bits per heavy atom. The second kappa shape index (κ2) is 5.12. The number of aromatic nitrogens is 3. The molecule has 0 aromatic carbocycles. The molecule has 19 heavy (non-hydrogen) atoms. The van der Waals surface area contributed by atoms with Crippen LogP contribution in [0.2, 0.25) is 0 Å². The third-order valence-corrected chi connectivity index (χ3v) is 3.88. The number of rotatable bonds is 2. The first-order chi connectivity index (χ1) is 8.59. The molecule has 1 atom stereocenters. The van der Waals surface area contributed by atoms with Crippen LogP contribution in [0.5, 0.6) is 0 Å². The topological polar surface area (TPSA) is 91.2 Å². The molecular formula is C10H7N4NaO3S. The number of carbonyl (C=O) groups excluding carboxylic acids is 2. The van der Waals surface area contributed by atoms with E-state index in [1.165, 1.54) is 32.9 Å². The van der Waals surface area contributed by atoms with Gasteiger partial charge < -0.3 is 9.90 Å². The monoisotopic (exact) mass is 286 g/mol. The van der Waals surface area contributed by atoms with Crippen LogP contribution in [0.4, 0.5) is 0 Å². The number of carboxylic acids is 1. The van der Waals surface area contributed by atoms with Crippen LogP contribution in [0.3, 0.4) is 0 Å². The fourth-order valence-corrected chi connectivity index (χ4v) is 2.96. The summed E-state index contributed by atoms with van der Waals surface area (Å²) in [4.78, 5) is 23.9. The van der Waals surface area contributed by atoms with Crippen molar-refractivity contribution in [1.29, 1.82) is 0 Å². The molecule has 1 saturated heterocycles. The number of nitrogens with zero attached hydrogens (tertiary/aromatic N) is 4. The van der Waals surface area contributed by atoms with Gasteiger partial charge in [0.2, 0.25) is 0 Å². The summed E-state index contributed by atoms with van der Waals surface area (Å²) >= 11 is 1.27. The van der Waals surface area contributed by atoms with Gasteiger partial charge in [-0.05, 0) is 11.5 Å². The summed E-state index contributed by atoms with van der Waals surface area (Å²) in [7, 11) is 1.72. The van der Waals surface area contributed by atoms with Crippen molar-refractivity contribution in [3.63, 3.8) is 0 Å². The van der Waals surface area contributed by atoms with E-state index in [0.29, 0.717) is 11.3 Å². The van der Waals surface area contributed by atoms with Crippen molar-refractivity contribution in [2.75, 3.05) is 0 Å². The summed E-state index contributed by atoms with van der Waals surface area (Å²) in [6, 6.07) is 0. The molecule has 1 aromatic rings. The Kier molecular flexibility index (Phi) is 3.86. The summed E-state index contributed by atoms with van der Waals surface area (Å²) in [5.41, 5.74) is 1.16. The maximum absolute atomic E-state index is 11.9. The van der Waals surface area contributed by atoms with E-state index in [0.717, 1.165) is 0 Å². The zero-order valence-corrected chi connectivity index (χ0v) is 13.0. The van der Waals surface area contributed by atoms with E-state index in [2.05, 4.69) is 10.3 Å². The van der Waals surface area contributed by atoms with Crippen LogP contribution in [0.1, 0.15) is 5.69 Å². The quantitative estimate of drug-likeness (QED) is 0.310. The minimum absolute atomic E-state index is 0. The van der Waals surface area contributed by atoms with Crippen molar-refractivity contribution in [2.45, 2.75) is 5.37 Å². The molecule has 3 heterocycles. The second-order valence-corrected chi connectivity index (χ2v) is 4.79. The van der Waals surface area contributed by atoms with Crippen LogP contribution in [0, 0.1) is 0 Å². The molecule has 1 fully saturated rings. The minimum Gasteiger partial charge on any atom is -0.543 e. The summed E-state index contributed by atoms with van der Waals surface area (Å²) in [5.74, 6) is -1.65. The summed E-state index contributed by atoms with van der Waals surface area (Å²) in [6.45, 7) is 0. The van der Waals surface area contributed by atoms with Crippen molar-refractivity contribution in [2.24, 2.45) is 7.05 Å². The van der Waals surface area contributed by atoms with Gasteiger partial charge in [0.25, 0.3) is 5.91 Å². The van der Waals surface area contributed by atoms with Crippen LogP contribution in [-0.2, 0) is 16.6 Å². The Morgan fingerprint density at radius 3 is 2.89 bits per heavy atom. The third-order valence-electron chi connectivity index (χ3n) is 2.80. The van der Waals surface area contributed by atoms with Crippen molar-refractivity contribution in [3.8, 4) is 0 Å². The average molecular weight is 286 g/mol. The van der Waals surface area contributed by atoms with Gasteiger partial charge in [-0.15, -0.1) is 16.9 Å². The minimum atomic E-state index is -1.33. The molecule has 0 unspecified atom stereocenters. The van der Waals surface area contributed by atoms with E-state index in [4.69, 9.17) is 0 Å². The van der Waals surface area contributed by atoms with Gasteiger partial charge in [-0.3, -0.25) is 9.69 Å². The Bertz CT molecular complexity index is 624. The summed E-state index contributed by atoms with van der Waals surface area (Å²) < 4.78 is 1.54. The predicted molar refractivity (Wildman–Crippen MR) is 60.3 cm³/mol. The number of β-lactam (4-membered cyclic amide) rings is 1. The molecule has 7 nitrogen and oxygen atoms in total. The van der Waals surface area contributed by atoms with E-state index in [-0.39, 0.29) is 46.5 Å². The number of aliphatic carboxylic acids is 1. The van der Waals surface area contributed by atoms with Crippen molar-refractivity contribution >= 4 is 29.7 Å². The van der Waals surface area contributed by atoms with E-state index in [1.54, 1.807) is 13.1 Å². The number of amides is 1. The SMILES string of the molecule is Cn1nncc1/C=C1\C(=O)N2C(C(=O)[O-])=CS[C@H]12.[Na+]. The number of aryl methyl sites for hydroxylation is 1. The smallest absolute Gasteiger partial charge is 0.543 e. The van der Waals surface area contributed by atoms with Gasteiger partial charge in [0.05, 0.1) is 29.1 Å². The van der Waals surface area contributed by atoms with Gasteiger partial charge in [-0.25, -0.2) is 4.68 Å². The van der Waals surface area contributed by atoms with E-state index in [9.17, 15) is 14.7 Å². The predicted octanol–water partition coefficient (Wildman–Crippen LogP) is -4.29. The van der Waals surface area contributed by atoms with Crippen molar-refractivity contribution < 1.29 is 44.3 Å². The van der Waals surface area contributed by atoms with Gasteiger partial charge >= 0.3 is 29.6 Å². The molecule has 92 valence electrons. The molecule has 0 bridgehead atoms. The fourth-order valence-electron chi connectivity index (χ4n) is 1.85. The van der Waals surface area contributed by atoms with Crippen LogP contribution in [-0.4, -0.2) is 37.1 Å². The molecule has 1 amide bonds. The first kappa shape index (κ1) is 14.3. The number of hydrogen-bond acceptors (Lipinski definition) is 6. The molecule has 1 aromatic heterocycles. The number of carbonyl (C=O) groups is 2. The normalized spacial score (nSPS) is 22.7. The Hall–Kier alpha value is -1.09. The molecule has 0 radical (unpaired) electrons. The third kappa shape index (κ3) is 2.14. The standard InChI is InChI=1S/C10H8N4O3S.Na/c1-13-5(3-11-12-13)2-6-8(15)14-7(10(16)17)4-18-9(6)14;/h2-4,9H,1H3,(H,16,17);/q;+1/p-1/b6-2+;/t9-;/m1./s1. The van der Waals surface area contributed by atoms with Gasteiger partial charge in [0, 0.05) is 7.05 Å². The largest absolute Gasteiger partial charge is 1.00 e. The molecule has 0 saturated carbocycles. The molecule has 2 aliphatic heterocycles. The number of hydrogen-bond donors (Lipinski definition) is 0. The van der Waals surface area contributed by atoms with Crippen LogP contribution >= 0.6 is 11.8 Å². The first-order valence-corrected chi connectivity index (χ1v) is 6.00. The first-order valence-electron chi connectivity index (χ1n) is 5.06. The maximum atomic E-state index is 11.9. The molecule has 0 N–H and O–H groups in total. The molecular weight excluding hydrogens is 279 g/mol. The molecule has 2 aliphatic rings. The summed E-state index contributed by atoms with van der Waals surface area (Å²) in [6.07, 6.45) is 3.21. The zero-order valence-electron chi connectivity index (χ0n) is 10.2. The van der Waals surface area contributed by atoms with Gasteiger partial charge in [0.15, 0.2) is 0 Å². The number of thioether (sulfide) groups is 1. The summed E-state index contributed by atoms with van der Waals surface area (Å²) in [5, 5.41) is 19.4. The second-order valence-electron chi connectivity index (χ2n) is 3.84. The fraction of sp³-hybridized carbons (Fsp3) is 0.200. The van der Waals surface area contributed by atoms with Crippen LogP contribution in [0.15, 0.2) is 22.9 Å². The number of carboxylic acid groups (broad SMARTS) is 1. The number of fused-ring (bicyclic) bond motifs is 1. The average Bonchev–Trinajstić information content (AvgIpc) is 2.90. The van der Waals surface area contributed by atoms with E-state index in [1.807, 2.05) is 0 Å². The Labute approximate surface area is 134 Å². The van der Waals surface area contributed by atoms with Crippen LogP contribution < -0.4 is 34.7 Å². The molecule has 0 spiro atoms. The van der Waals surface area contributed by atoms with E-state index < -0.39 is 5.97 Å². The van der Waals surface area contributed by atoms with Crippen molar-refractivity contribution in [1.82, 2.24) is 19.9 Å². The van der Waals surface area contributed by atoms with Gasteiger partial charge in [-0.1, -0.05) is 5.21 Å². The molecule has 9 heteroatoms. The molecule has 0 aliphatic carbocycles. The zero-order chi connectivity index (χ0) is 12.9. The van der Waals surface area contributed by atoms with Crippen LogP contribution in [0.25, 0.3) is 6.08 Å². The van der Waals surface area contributed by atoms with Gasteiger partial charge in [-0.2, -0.15) is 0 Å². The Balaban J connectivity index is 0.00000133.